The molecule has 0 fully saturated rings. The van der Waals surface area contributed by atoms with E-state index in [1.165, 1.54) is 16.7 Å². The minimum Gasteiger partial charge on any atom is -0.333 e. The van der Waals surface area contributed by atoms with Crippen molar-refractivity contribution in [1.82, 2.24) is 9.97 Å². The summed E-state index contributed by atoms with van der Waals surface area (Å²) in [6.07, 6.45) is 0. The van der Waals surface area contributed by atoms with E-state index in [9.17, 15) is 0 Å². The molecule has 2 aromatic carbocycles. The van der Waals surface area contributed by atoms with Gasteiger partial charge in [0, 0.05) is 10.8 Å². The molecule has 0 radical (unpaired) electrons. The van der Waals surface area contributed by atoms with Gasteiger partial charge in [-0.1, -0.05) is 35.5 Å². The molecule has 0 aliphatic carbocycles. The molecule has 0 unspecified atom stereocenters. The minimum atomic E-state index is 0.777. The van der Waals surface area contributed by atoms with Crippen LogP contribution in [0.15, 0.2) is 41.6 Å². The number of benzene rings is 2. The Hall–Kier alpha value is -1.45. The lowest BCUT2D eigenvalue weighted by atomic mass is 10.1. The molecule has 0 saturated carbocycles. The zero-order chi connectivity index (χ0) is 14.1. The smallest absolute Gasteiger partial charge is 0.166 e. The number of nitrogens with one attached hydrogen (secondary N) is 1. The number of nitrogens with zero attached hydrogens (tertiary/aromatic N) is 1. The number of aryl methyl sites for hydroxylation is 2. The summed E-state index contributed by atoms with van der Waals surface area (Å²) in [5, 5.41) is 1.73. The lowest BCUT2D eigenvalue weighted by Crippen LogP contribution is -1.81. The second kappa shape index (κ2) is 5.51. The average Bonchev–Trinajstić information content (AvgIpc) is 2.79. The molecule has 0 bridgehead atoms. The predicted octanol–water partition coefficient (Wildman–Crippen LogP) is 5.13. The molecule has 4 heteroatoms. The number of fused-ring (bicyclic) bond motifs is 1. The van der Waals surface area contributed by atoms with Gasteiger partial charge in [-0.05, 0) is 54.8 Å². The molecule has 0 aliphatic rings. The Morgan fingerprint density at radius 2 is 1.95 bits per heavy atom. The van der Waals surface area contributed by atoms with Crippen LogP contribution in [0.2, 0.25) is 5.02 Å². The maximum Gasteiger partial charge on any atom is 0.166 e. The first kappa shape index (κ1) is 13.5. The molecule has 102 valence electrons. The number of imidazole rings is 1. The Morgan fingerprint density at radius 1 is 1.15 bits per heavy atom. The van der Waals surface area contributed by atoms with Crippen molar-refractivity contribution in [3.63, 3.8) is 0 Å². The number of hydrogen-bond donors (Lipinski definition) is 1. The maximum atomic E-state index is 5.99. The van der Waals surface area contributed by atoms with Gasteiger partial charge in [0.1, 0.15) is 0 Å². The Kier molecular flexibility index (Phi) is 3.72. The zero-order valence-corrected chi connectivity index (χ0v) is 13.0. The van der Waals surface area contributed by atoms with Gasteiger partial charge >= 0.3 is 0 Å². The van der Waals surface area contributed by atoms with Crippen LogP contribution in [0.3, 0.4) is 0 Å². The summed E-state index contributed by atoms with van der Waals surface area (Å²) in [6.45, 7) is 4.23. The van der Waals surface area contributed by atoms with Crippen molar-refractivity contribution < 1.29 is 0 Å². The number of aromatic amines is 1. The first-order chi connectivity index (χ1) is 9.61. The molecule has 0 spiro atoms. The second-order valence-corrected chi connectivity index (χ2v) is 6.31. The second-order valence-electron chi connectivity index (χ2n) is 4.91. The van der Waals surface area contributed by atoms with Gasteiger partial charge in [0.2, 0.25) is 0 Å². The molecule has 3 rings (SSSR count). The third kappa shape index (κ3) is 2.84. The lowest BCUT2D eigenvalue weighted by molar-refractivity contribution is 1.08. The van der Waals surface area contributed by atoms with E-state index in [1.54, 1.807) is 11.8 Å². The van der Waals surface area contributed by atoms with Crippen molar-refractivity contribution in [2.75, 3.05) is 0 Å². The first-order valence-electron chi connectivity index (χ1n) is 6.46. The van der Waals surface area contributed by atoms with Crippen LogP contribution in [0.4, 0.5) is 0 Å². The zero-order valence-electron chi connectivity index (χ0n) is 11.4. The predicted molar refractivity (Wildman–Crippen MR) is 86.6 cm³/mol. The van der Waals surface area contributed by atoms with Gasteiger partial charge in [0.15, 0.2) is 5.16 Å². The summed E-state index contributed by atoms with van der Waals surface area (Å²) >= 11 is 7.69. The third-order valence-corrected chi connectivity index (χ3v) is 4.52. The normalized spacial score (nSPS) is 11.2. The highest BCUT2D eigenvalue weighted by Crippen LogP contribution is 2.25. The van der Waals surface area contributed by atoms with E-state index in [0.717, 1.165) is 27.0 Å². The largest absolute Gasteiger partial charge is 0.333 e. The molecule has 20 heavy (non-hydrogen) atoms. The molecule has 0 saturated heterocycles. The van der Waals surface area contributed by atoms with Crippen LogP contribution < -0.4 is 0 Å². The standard InChI is InChI=1S/C16H15ClN2S/c1-10-6-14-15(7-11(10)2)19-16(18-14)20-9-12-4-3-5-13(17)8-12/h3-8H,9H2,1-2H3,(H,18,19). The van der Waals surface area contributed by atoms with Crippen molar-refractivity contribution >= 4 is 34.4 Å². The van der Waals surface area contributed by atoms with Gasteiger partial charge in [0.05, 0.1) is 11.0 Å². The van der Waals surface area contributed by atoms with E-state index in [0.29, 0.717) is 0 Å². The molecule has 2 nitrogen and oxygen atoms in total. The summed E-state index contributed by atoms with van der Waals surface area (Å²) in [6, 6.07) is 12.2. The van der Waals surface area contributed by atoms with E-state index in [-0.39, 0.29) is 0 Å². The topological polar surface area (TPSA) is 28.7 Å². The Bertz CT molecular complexity index is 725. The summed E-state index contributed by atoms with van der Waals surface area (Å²) in [5.41, 5.74) is 5.89. The number of hydrogen-bond acceptors (Lipinski definition) is 2. The number of aromatic nitrogens is 2. The fourth-order valence-electron chi connectivity index (χ4n) is 2.09. The lowest BCUT2D eigenvalue weighted by Gasteiger charge is -1.99. The van der Waals surface area contributed by atoms with Crippen LogP contribution in [0, 0.1) is 13.8 Å². The first-order valence-corrected chi connectivity index (χ1v) is 7.82. The van der Waals surface area contributed by atoms with Crippen LogP contribution >= 0.6 is 23.4 Å². The number of halogens is 1. The van der Waals surface area contributed by atoms with Crippen LogP contribution in [0.25, 0.3) is 11.0 Å². The van der Waals surface area contributed by atoms with E-state index in [2.05, 4.69) is 42.0 Å². The minimum absolute atomic E-state index is 0.777. The van der Waals surface area contributed by atoms with Gasteiger partial charge in [-0.2, -0.15) is 0 Å². The molecule has 0 amide bonds. The Balaban J connectivity index is 1.81. The average molecular weight is 303 g/mol. The van der Waals surface area contributed by atoms with E-state index >= 15 is 0 Å². The summed E-state index contributed by atoms with van der Waals surface area (Å²) in [4.78, 5) is 7.99. The van der Waals surface area contributed by atoms with Gasteiger partial charge in [-0.3, -0.25) is 0 Å². The highest BCUT2D eigenvalue weighted by Gasteiger charge is 2.06. The van der Waals surface area contributed by atoms with Gasteiger partial charge in [0.25, 0.3) is 0 Å². The molecular weight excluding hydrogens is 288 g/mol. The van der Waals surface area contributed by atoms with Crippen LogP contribution in [-0.2, 0) is 5.75 Å². The SMILES string of the molecule is Cc1cc2nc(SCc3cccc(Cl)c3)[nH]c2cc1C. The van der Waals surface area contributed by atoms with Crippen molar-refractivity contribution in [3.8, 4) is 0 Å². The maximum absolute atomic E-state index is 5.99. The molecular formula is C16H15ClN2S. The molecule has 1 heterocycles. The highest BCUT2D eigenvalue weighted by molar-refractivity contribution is 7.98. The summed E-state index contributed by atoms with van der Waals surface area (Å²) in [7, 11) is 0. The Morgan fingerprint density at radius 3 is 2.75 bits per heavy atom. The van der Waals surface area contributed by atoms with E-state index < -0.39 is 0 Å². The summed E-state index contributed by atoms with van der Waals surface area (Å²) < 4.78 is 0. The van der Waals surface area contributed by atoms with E-state index in [1.807, 2.05) is 18.2 Å². The van der Waals surface area contributed by atoms with Crippen LogP contribution in [0.5, 0.6) is 0 Å². The van der Waals surface area contributed by atoms with Crippen molar-refractivity contribution in [2.45, 2.75) is 24.8 Å². The highest BCUT2D eigenvalue weighted by atomic mass is 35.5. The fourth-order valence-corrected chi connectivity index (χ4v) is 3.13. The van der Waals surface area contributed by atoms with Gasteiger partial charge in [-0.25, -0.2) is 4.98 Å². The van der Waals surface area contributed by atoms with Crippen molar-refractivity contribution in [2.24, 2.45) is 0 Å². The van der Waals surface area contributed by atoms with Crippen molar-refractivity contribution in [1.29, 1.82) is 0 Å². The molecule has 3 aromatic rings. The van der Waals surface area contributed by atoms with Crippen molar-refractivity contribution in [3.05, 3.63) is 58.1 Å². The monoisotopic (exact) mass is 302 g/mol. The quantitative estimate of drug-likeness (QED) is 0.680. The van der Waals surface area contributed by atoms with Crippen LogP contribution in [-0.4, -0.2) is 9.97 Å². The van der Waals surface area contributed by atoms with Gasteiger partial charge < -0.3 is 4.98 Å². The molecule has 1 aromatic heterocycles. The number of H-pyrrole nitrogens is 1. The molecule has 0 atom stereocenters. The summed E-state index contributed by atoms with van der Waals surface area (Å²) in [5.74, 6) is 0.859. The van der Waals surface area contributed by atoms with Crippen LogP contribution in [0.1, 0.15) is 16.7 Å². The fraction of sp³-hybridized carbons (Fsp3) is 0.188. The Labute approximate surface area is 127 Å². The van der Waals surface area contributed by atoms with Gasteiger partial charge in [-0.15, -0.1) is 0 Å². The third-order valence-electron chi connectivity index (χ3n) is 3.34. The number of thioether (sulfide) groups is 1. The molecule has 1 N–H and O–H groups in total. The molecule has 0 aliphatic heterocycles. The van der Waals surface area contributed by atoms with E-state index in [4.69, 9.17) is 11.6 Å². The number of rotatable bonds is 3.